The fourth-order valence-electron chi connectivity index (χ4n) is 28.9. The first-order valence-electron chi connectivity index (χ1n) is 56.0. The Kier molecular flexibility index (Phi) is 25.3. The predicted molar refractivity (Wildman–Crippen MR) is 585 cm³/mol. The molecule has 0 bridgehead atoms. The summed E-state index contributed by atoms with van der Waals surface area (Å²) >= 11 is 0. The van der Waals surface area contributed by atoms with Crippen LogP contribution in [0, 0.1) is 34.6 Å². The molecule has 0 unspecified atom stereocenters. The zero-order valence-corrected chi connectivity index (χ0v) is 88.1. The van der Waals surface area contributed by atoms with Crippen molar-refractivity contribution in [3.05, 3.63) is 298 Å². The van der Waals surface area contributed by atoms with Gasteiger partial charge in [0, 0.05) is 118 Å². The summed E-state index contributed by atoms with van der Waals surface area (Å²) in [5, 5.41) is 6.29. The van der Waals surface area contributed by atoms with Gasteiger partial charge in [-0.05, 0) is 327 Å². The van der Waals surface area contributed by atoms with E-state index in [9.17, 15) is 0 Å². The molecular formula is C133H154N5O5+5. The number of aromatic nitrogens is 5. The summed E-state index contributed by atoms with van der Waals surface area (Å²) in [5.74, 6) is 5.38. The Labute approximate surface area is 854 Å². The van der Waals surface area contributed by atoms with E-state index in [2.05, 4.69) is 351 Å². The maximum Gasteiger partial charge on any atom is 0.216 e. The summed E-state index contributed by atoms with van der Waals surface area (Å²) in [4.78, 5) is 0. The van der Waals surface area contributed by atoms with Crippen LogP contribution in [-0.2, 0) is 64.3 Å². The van der Waals surface area contributed by atoms with Crippen molar-refractivity contribution in [2.24, 2.45) is 35.2 Å². The van der Waals surface area contributed by atoms with E-state index in [0.29, 0.717) is 17.4 Å². The standard InChI is InChI=1S/C29H34NO.2C27H32NO.2C25H28NO/c1-21-12-14-23-27(26(21)25-15-13-22-10-4-5-11-24(22)30(25)2)31-29(18-6-3-7-19-29)20-28(23)16-8-9-17-28;1-19-12-14-21-25(29-26(2,3)18-27(21)16-8-5-9-17-27)24(19)23-15-13-20-10-6-7-11-22(20)28(23)4;1-19-12-14-21-25(29-27(18-26(21,2)3)16-8-5-9-17-27)24(19)23-15-13-20-10-6-7-11-22(20)28(23)4;2*1-18-10-11-20-14-17-25(15-6-3-7-16-25)27-24(20)23(18)22-13-12-19-8-4-5-9-21(19)26(22)2/h4-5,10-15H,3,6-9,16-20H2,1-2H3;2*6-7,10-15H,5,8-9,16-18H2,1-4H3;2*4-5,8-13H,3,6-7,14-17H2,1-2H3/q5*+1/i;;;14D2;. The Hall–Kier alpha value is -11.8. The SMILES string of the molecule is Cc1ccc2c(c1-c1ccc3ccccc3[n+]1C)OC(C)(C)CC21CCCCC1.Cc1ccc2c(c1-c1ccc3ccccc3[n+]1C)OC1(CCCCC1)CC2.Cc1ccc2c(c1-c1ccc3ccccc3[n+]1C)OC1(CCCCC1)CC2(C)C.Cc1ccc2c(c1-c1ccc3ccccc3[n+]1C)OC1(CCCCC1)CC21CCCC1.[2H]C1([2H])CC2(CCCCC2)Oc2c1ccc(C)c2-c1ccc2ccccc2[n+]1C. The van der Waals surface area contributed by atoms with Gasteiger partial charge in [0.2, 0.25) is 56.1 Å². The third-order valence-corrected chi connectivity index (χ3v) is 36.2. The van der Waals surface area contributed by atoms with E-state index in [1.807, 2.05) is 12.1 Å². The lowest BCUT2D eigenvalue weighted by atomic mass is 9.62. The first-order chi connectivity index (χ1) is 70.0. The van der Waals surface area contributed by atoms with Crippen molar-refractivity contribution in [1.29, 1.82) is 0 Å². The highest BCUT2D eigenvalue weighted by Crippen LogP contribution is 2.62. The molecule has 6 aliphatic carbocycles. The van der Waals surface area contributed by atoms with Crippen molar-refractivity contribution >= 4 is 54.5 Å². The molecule has 0 amide bonds. The lowest BCUT2D eigenvalue weighted by Crippen LogP contribution is -2.48. The molecule has 11 aliphatic rings. The molecule has 6 saturated carbocycles. The van der Waals surface area contributed by atoms with E-state index in [-0.39, 0.29) is 38.8 Å². The van der Waals surface area contributed by atoms with Gasteiger partial charge in [-0.25, -0.2) is 0 Å². The number of fused-ring (bicyclic) bond motifs is 12. The highest BCUT2D eigenvalue weighted by molar-refractivity contribution is 5.86. The molecule has 26 rings (SSSR count). The number of para-hydroxylation sites is 5. The fraction of sp³-hybridized carbons (Fsp3) is 0.436. The van der Waals surface area contributed by atoms with E-state index in [4.69, 9.17) is 26.4 Å². The van der Waals surface area contributed by atoms with Crippen LogP contribution < -0.4 is 46.5 Å². The van der Waals surface area contributed by atoms with Crippen LogP contribution in [0.15, 0.2) is 243 Å². The Morgan fingerprint density at radius 2 is 0.497 bits per heavy atom. The van der Waals surface area contributed by atoms with Gasteiger partial charge in [-0.3, -0.25) is 0 Å². The summed E-state index contributed by atoms with van der Waals surface area (Å²) in [5.41, 5.74) is 31.5. The van der Waals surface area contributed by atoms with Crippen molar-refractivity contribution < 1.29 is 49.3 Å². The van der Waals surface area contributed by atoms with E-state index < -0.39 is 6.37 Å². The Morgan fingerprint density at radius 3 is 0.867 bits per heavy atom. The summed E-state index contributed by atoms with van der Waals surface area (Å²) < 4.78 is 63.9. The minimum atomic E-state index is -1.37. The summed E-state index contributed by atoms with van der Waals surface area (Å²) in [6.07, 6.45) is 41.4. The number of ether oxygens (including phenoxy) is 5. The predicted octanol–water partition coefficient (Wildman–Crippen LogP) is 31.1. The summed E-state index contributed by atoms with van der Waals surface area (Å²) in [6.45, 7) is 20.4. The van der Waals surface area contributed by atoms with Crippen molar-refractivity contribution in [2.75, 3.05) is 0 Å². The molecule has 0 saturated heterocycles. The van der Waals surface area contributed by atoms with Crippen LogP contribution in [-0.4, -0.2) is 28.0 Å². The molecule has 0 atom stereocenters. The zero-order valence-electron chi connectivity index (χ0n) is 90.1. The monoisotopic (exact) mass is 1900 g/mol. The van der Waals surface area contributed by atoms with Gasteiger partial charge >= 0.3 is 0 Å². The summed E-state index contributed by atoms with van der Waals surface area (Å²) in [6, 6.07) is 87.9. The van der Waals surface area contributed by atoms with Gasteiger partial charge < -0.3 is 23.7 Å². The molecule has 10 nitrogen and oxygen atoms in total. The van der Waals surface area contributed by atoms with Gasteiger partial charge in [0.25, 0.3) is 0 Å². The van der Waals surface area contributed by atoms with Gasteiger partial charge in [0.1, 0.15) is 92.0 Å². The maximum absolute atomic E-state index is 8.86. The third kappa shape index (κ3) is 18.0. The van der Waals surface area contributed by atoms with Crippen LogP contribution in [0.3, 0.4) is 0 Å². The Morgan fingerprint density at radius 1 is 0.231 bits per heavy atom. The minimum absolute atomic E-state index is 0.00666. The van der Waals surface area contributed by atoms with Crippen molar-refractivity contribution in [3.8, 4) is 85.0 Å². The van der Waals surface area contributed by atoms with Crippen LogP contribution in [0.2, 0.25) is 0 Å². The summed E-state index contributed by atoms with van der Waals surface area (Å²) in [7, 11) is 10.8. The number of aryl methyl sites for hydroxylation is 12. The lowest BCUT2D eigenvalue weighted by molar-refractivity contribution is -0.633. The number of hydrogen-bond acceptors (Lipinski definition) is 5. The third-order valence-electron chi connectivity index (χ3n) is 36.2. The highest BCUT2D eigenvalue weighted by Gasteiger charge is 2.54. The average molecular weight is 1900 g/mol. The molecule has 0 radical (unpaired) electrons. The van der Waals surface area contributed by atoms with E-state index in [0.717, 1.165) is 90.3 Å². The number of benzene rings is 10. The quantitative estimate of drug-likeness (QED) is 0.161. The van der Waals surface area contributed by atoms with Gasteiger partial charge in [0.15, 0.2) is 0 Å². The topological polar surface area (TPSA) is 65.5 Å². The molecule has 10 aromatic carbocycles. The van der Waals surface area contributed by atoms with Crippen LogP contribution >= 0.6 is 0 Å². The van der Waals surface area contributed by atoms with Gasteiger partial charge in [-0.1, -0.05) is 193 Å². The number of rotatable bonds is 5. The number of hydrogen-bond donors (Lipinski definition) is 0. The first-order valence-corrected chi connectivity index (χ1v) is 55.0. The second kappa shape index (κ2) is 38.7. The van der Waals surface area contributed by atoms with Crippen molar-refractivity contribution in [3.63, 3.8) is 0 Å². The fourth-order valence-corrected chi connectivity index (χ4v) is 28.9. The molecule has 5 aliphatic heterocycles. The Bertz CT molecular complexity index is 7320. The van der Waals surface area contributed by atoms with Crippen molar-refractivity contribution in [1.82, 2.24) is 0 Å². The minimum Gasteiger partial charge on any atom is -0.487 e. The Balaban J connectivity index is 0.000000103. The van der Waals surface area contributed by atoms with Crippen molar-refractivity contribution in [2.45, 2.75) is 338 Å². The average Bonchev–Trinajstić information content (AvgIpc) is 1.69. The van der Waals surface area contributed by atoms with Crippen LogP contribution in [0.25, 0.3) is 111 Å². The van der Waals surface area contributed by atoms with E-state index in [1.54, 1.807) is 0 Å². The van der Waals surface area contributed by atoms with E-state index >= 15 is 0 Å². The molecule has 10 heteroatoms. The molecule has 5 aromatic heterocycles. The first kappa shape index (κ1) is 93.6. The molecule has 10 heterocycles. The number of pyridine rings is 5. The molecular weight excluding hydrogens is 1750 g/mol. The molecule has 15 aromatic rings. The van der Waals surface area contributed by atoms with Gasteiger partial charge in [0.05, 0.1) is 27.8 Å². The van der Waals surface area contributed by atoms with Crippen LogP contribution in [0.5, 0.6) is 28.7 Å². The second-order valence-electron chi connectivity index (χ2n) is 46.8. The number of nitrogens with zero attached hydrogens (tertiary/aromatic N) is 5. The van der Waals surface area contributed by atoms with Gasteiger partial charge in [-0.2, -0.15) is 22.8 Å². The molecule has 0 N–H and O–H groups in total. The van der Waals surface area contributed by atoms with Crippen LogP contribution in [0.4, 0.5) is 0 Å². The van der Waals surface area contributed by atoms with Crippen LogP contribution in [0.1, 0.15) is 304 Å². The second-order valence-corrected chi connectivity index (χ2v) is 46.8. The van der Waals surface area contributed by atoms with E-state index in [1.165, 1.54) is 318 Å². The normalized spacial score (nSPS) is 20.1. The highest BCUT2D eigenvalue weighted by atomic mass is 16.5. The smallest absolute Gasteiger partial charge is 0.216 e. The zero-order chi connectivity index (χ0) is 100. The largest absolute Gasteiger partial charge is 0.487 e. The lowest BCUT2D eigenvalue weighted by Gasteiger charge is -2.50. The molecule has 6 spiro atoms. The molecule has 6 fully saturated rings. The van der Waals surface area contributed by atoms with Gasteiger partial charge in [-0.15, -0.1) is 0 Å². The molecule has 143 heavy (non-hydrogen) atoms. The molecule has 736 valence electrons. The maximum atomic E-state index is 8.86.